The molecule has 3 nitrogen and oxygen atoms in total. The van der Waals surface area contributed by atoms with Crippen molar-refractivity contribution in [3.63, 3.8) is 0 Å². The first kappa shape index (κ1) is 15.3. The predicted octanol–water partition coefficient (Wildman–Crippen LogP) is 5.13. The molecule has 0 atom stereocenters. The molecule has 0 saturated heterocycles. The molecule has 0 aromatic heterocycles. The van der Waals surface area contributed by atoms with E-state index < -0.39 is 5.91 Å². The third-order valence-electron chi connectivity index (χ3n) is 2.50. The van der Waals surface area contributed by atoms with Gasteiger partial charge in [-0.1, -0.05) is 46.4 Å². The molecule has 2 rings (SSSR count). The Morgan fingerprint density at radius 2 is 1.60 bits per heavy atom. The Balaban J connectivity index is 2.33. The van der Waals surface area contributed by atoms with Crippen LogP contribution < -0.4 is 11.1 Å². The molecule has 0 spiro atoms. The zero-order valence-electron chi connectivity index (χ0n) is 9.88. The van der Waals surface area contributed by atoms with E-state index in [2.05, 4.69) is 5.32 Å². The monoisotopic (exact) mass is 348 g/mol. The van der Waals surface area contributed by atoms with Gasteiger partial charge in [0.2, 0.25) is 0 Å². The molecule has 104 valence electrons. The highest BCUT2D eigenvalue weighted by molar-refractivity contribution is 6.39. The molecule has 3 N–H and O–H groups in total. The van der Waals surface area contributed by atoms with Gasteiger partial charge in [0.05, 0.1) is 27.0 Å². The second-order valence-corrected chi connectivity index (χ2v) is 5.62. The molecule has 20 heavy (non-hydrogen) atoms. The van der Waals surface area contributed by atoms with Crippen LogP contribution in [0.1, 0.15) is 10.4 Å². The first-order chi connectivity index (χ1) is 9.38. The minimum Gasteiger partial charge on any atom is -0.397 e. The van der Waals surface area contributed by atoms with Crippen molar-refractivity contribution in [3.8, 4) is 0 Å². The summed E-state index contributed by atoms with van der Waals surface area (Å²) in [5.74, 6) is -0.442. The summed E-state index contributed by atoms with van der Waals surface area (Å²) in [4.78, 5) is 12.1. The lowest BCUT2D eigenvalue weighted by Crippen LogP contribution is -2.14. The number of benzene rings is 2. The molecule has 0 heterocycles. The third kappa shape index (κ3) is 3.30. The fraction of sp³-hybridized carbons (Fsp3) is 0. The van der Waals surface area contributed by atoms with Crippen molar-refractivity contribution in [3.05, 3.63) is 56.0 Å². The van der Waals surface area contributed by atoms with E-state index in [-0.39, 0.29) is 27.0 Å². The van der Waals surface area contributed by atoms with Crippen LogP contribution in [0.4, 0.5) is 11.4 Å². The summed E-state index contributed by atoms with van der Waals surface area (Å²) in [7, 11) is 0. The summed E-state index contributed by atoms with van der Waals surface area (Å²) >= 11 is 23.5. The number of anilines is 2. The van der Waals surface area contributed by atoms with Crippen LogP contribution in [0, 0.1) is 0 Å². The maximum absolute atomic E-state index is 12.1. The summed E-state index contributed by atoms with van der Waals surface area (Å²) < 4.78 is 0. The molecule has 0 aliphatic carbocycles. The number of nitrogen functional groups attached to an aromatic ring is 1. The summed E-state index contributed by atoms with van der Waals surface area (Å²) in [6.07, 6.45) is 0. The van der Waals surface area contributed by atoms with Gasteiger partial charge in [0.15, 0.2) is 0 Å². The van der Waals surface area contributed by atoms with Crippen LogP contribution in [-0.2, 0) is 0 Å². The summed E-state index contributed by atoms with van der Waals surface area (Å²) in [6, 6.07) is 7.53. The first-order valence-electron chi connectivity index (χ1n) is 5.39. The van der Waals surface area contributed by atoms with Crippen LogP contribution in [0.15, 0.2) is 30.3 Å². The summed E-state index contributed by atoms with van der Waals surface area (Å²) in [5, 5.41) is 3.90. The first-order valence-corrected chi connectivity index (χ1v) is 6.90. The summed E-state index contributed by atoms with van der Waals surface area (Å²) in [5.41, 5.74) is 6.59. The lowest BCUT2D eigenvalue weighted by Gasteiger charge is -2.11. The Morgan fingerprint density at radius 1 is 0.950 bits per heavy atom. The number of rotatable bonds is 2. The summed E-state index contributed by atoms with van der Waals surface area (Å²) in [6.45, 7) is 0. The van der Waals surface area contributed by atoms with Crippen LogP contribution in [0.25, 0.3) is 0 Å². The van der Waals surface area contributed by atoms with Crippen molar-refractivity contribution >= 4 is 63.7 Å². The Kier molecular flexibility index (Phi) is 4.66. The Bertz CT molecular complexity index is 665. The van der Waals surface area contributed by atoms with E-state index in [1.165, 1.54) is 24.3 Å². The van der Waals surface area contributed by atoms with Gasteiger partial charge in [-0.2, -0.15) is 0 Å². The topological polar surface area (TPSA) is 55.1 Å². The molecule has 0 fully saturated rings. The van der Waals surface area contributed by atoms with Gasteiger partial charge in [-0.15, -0.1) is 0 Å². The second kappa shape index (κ2) is 6.10. The predicted molar refractivity (Wildman–Crippen MR) is 85.3 cm³/mol. The SMILES string of the molecule is Nc1cc(Cl)cc(Cl)c1NC(=O)c1ccc(Cl)cc1Cl. The zero-order valence-corrected chi connectivity index (χ0v) is 12.9. The molecule has 7 heteroatoms. The molecule has 0 saturated carbocycles. The zero-order chi connectivity index (χ0) is 14.9. The number of carbonyl (C=O) groups is 1. The van der Waals surface area contributed by atoms with Gasteiger partial charge < -0.3 is 11.1 Å². The van der Waals surface area contributed by atoms with E-state index >= 15 is 0 Å². The van der Waals surface area contributed by atoms with Crippen molar-refractivity contribution in [2.75, 3.05) is 11.1 Å². The van der Waals surface area contributed by atoms with Crippen LogP contribution in [0.2, 0.25) is 20.1 Å². The number of carbonyl (C=O) groups excluding carboxylic acids is 1. The van der Waals surface area contributed by atoms with Crippen LogP contribution in [0.5, 0.6) is 0 Å². The van der Waals surface area contributed by atoms with Crippen LogP contribution in [-0.4, -0.2) is 5.91 Å². The quantitative estimate of drug-likeness (QED) is 0.738. The second-order valence-electron chi connectivity index (χ2n) is 3.93. The number of nitrogens with one attached hydrogen (secondary N) is 1. The highest BCUT2D eigenvalue weighted by Crippen LogP contribution is 2.33. The van der Waals surface area contributed by atoms with Gasteiger partial charge in [0.25, 0.3) is 5.91 Å². The lowest BCUT2D eigenvalue weighted by molar-refractivity contribution is 0.102. The van der Waals surface area contributed by atoms with Gasteiger partial charge in [-0.25, -0.2) is 0 Å². The Hall–Kier alpha value is -1.13. The van der Waals surface area contributed by atoms with E-state index in [0.29, 0.717) is 10.0 Å². The normalized spacial score (nSPS) is 10.4. The number of hydrogen-bond acceptors (Lipinski definition) is 2. The van der Waals surface area contributed by atoms with Crippen LogP contribution >= 0.6 is 46.4 Å². The largest absolute Gasteiger partial charge is 0.397 e. The minimum atomic E-state index is -0.442. The van der Waals surface area contributed by atoms with Gasteiger partial charge in [0, 0.05) is 10.0 Å². The van der Waals surface area contributed by atoms with E-state index in [4.69, 9.17) is 52.1 Å². The fourth-order valence-electron chi connectivity index (χ4n) is 1.58. The van der Waals surface area contributed by atoms with Gasteiger partial charge in [-0.3, -0.25) is 4.79 Å². The van der Waals surface area contributed by atoms with E-state index in [1.807, 2.05) is 0 Å². The van der Waals surface area contributed by atoms with Crippen molar-refractivity contribution < 1.29 is 4.79 Å². The number of amides is 1. The van der Waals surface area contributed by atoms with Crippen molar-refractivity contribution in [1.82, 2.24) is 0 Å². The highest BCUT2D eigenvalue weighted by atomic mass is 35.5. The lowest BCUT2D eigenvalue weighted by atomic mass is 10.2. The number of halogens is 4. The average Bonchev–Trinajstić information content (AvgIpc) is 2.33. The molecule has 1 amide bonds. The van der Waals surface area contributed by atoms with Gasteiger partial charge in [-0.05, 0) is 30.3 Å². The maximum Gasteiger partial charge on any atom is 0.257 e. The van der Waals surface area contributed by atoms with Crippen molar-refractivity contribution in [2.45, 2.75) is 0 Å². The molecule has 0 radical (unpaired) electrons. The molecular weight excluding hydrogens is 342 g/mol. The molecule has 2 aromatic rings. The molecule has 0 aliphatic heterocycles. The molecule has 0 bridgehead atoms. The number of nitrogens with two attached hydrogens (primary N) is 1. The third-order valence-corrected chi connectivity index (χ3v) is 3.56. The molecule has 2 aromatic carbocycles. The molecular formula is C13H8Cl4N2O. The van der Waals surface area contributed by atoms with Crippen molar-refractivity contribution in [1.29, 1.82) is 0 Å². The van der Waals surface area contributed by atoms with Crippen LogP contribution in [0.3, 0.4) is 0 Å². The molecule has 0 aliphatic rings. The Labute approximate surface area is 135 Å². The Morgan fingerprint density at radius 3 is 2.20 bits per heavy atom. The standard InChI is InChI=1S/C13H8Cl4N2O/c14-6-1-2-8(9(16)3-6)13(20)19-12-10(17)4-7(15)5-11(12)18/h1-5H,18H2,(H,19,20). The average molecular weight is 350 g/mol. The van der Waals surface area contributed by atoms with E-state index in [0.717, 1.165) is 0 Å². The maximum atomic E-state index is 12.1. The fourth-order valence-corrected chi connectivity index (χ4v) is 2.63. The number of hydrogen-bond donors (Lipinski definition) is 2. The minimum absolute atomic E-state index is 0.235. The van der Waals surface area contributed by atoms with E-state index in [1.54, 1.807) is 6.07 Å². The van der Waals surface area contributed by atoms with Gasteiger partial charge >= 0.3 is 0 Å². The smallest absolute Gasteiger partial charge is 0.257 e. The van der Waals surface area contributed by atoms with E-state index in [9.17, 15) is 4.79 Å². The highest BCUT2D eigenvalue weighted by Gasteiger charge is 2.15. The van der Waals surface area contributed by atoms with Gasteiger partial charge in [0.1, 0.15) is 0 Å². The van der Waals surface area contributed by atoms with Crippen molar-refractivity contribution in [2.24, 2.45) is 0 Å². The molecule has 0 unspecified atom stereocenters.